The lowest BCUT2D eigenvalue weighted by Gasteiger charge is -2.21. The molecule has 0 spiro atoms. The lowest BCUT2D eigenvalue weighted by Crippen LogP contribution is -2.35. The average Bonchev–Trinajstić information content (AvgIpc) is 2.87. The van der Waals surface area contributed by atoms with Gasteiger partial charge >= 0.3 is 5.97 Å². The van der Waals surface area contributed by atoms with Crippen LogP contribution in [0.25, 0.3) is 0 Å². The Bertz CT molecular complexity index is 1040. The largest absolute Gasteiger partial charge is 0.478 e. The van der Waals surface area contributed by atoms with E-state index >= 15 is 0 Å². The summed E-state index contributed by atoms with van der Waals surface area (Å²) in [6.07, 6.45) is 0.314. The maximum absolute atomic E-state index is 12.7. The molecule has 3 rings (SSSR count). The molecule has 0 bridgehead atoms. The molecule has 0 aliphatic carbocycles. The summed E-state index contributed by atoms with van der Waals surface area (Å²) in [5.74, 6) is -0.670. The SMILES string of the molecule is COC(=O)c1ccc(NC(=O)[C@@H]2CCN(S(C)(=O)=O)c3cc(Cl)ccc3O2)cc1. The van der Waals surface area contributed by atoms with Gasteiger partial charge in [0.2, 0.25) is 10.0 Å². The highest BCUT2D eigenvalue weighted by Crippen LogP contribution is 2.36. The topological polar surface area (TPSA) is 102 Å². The van der Waals surface area contributed by atoms with Crippen molar-refractivity contribution >= 4 is 44.9 Å². The van der Waals surface area contributed by atoms with Crippen molar-refractivity contribution in [2.24, 2.45) is 0 Å². The molecule has 0 unspecified atom stereocenters. The van der Waals surface area contributed by atoms with E-state index in [0.29, 0.717) is 16.3 Å². The number of methoxy groups -OCH3 is 1. The van der Waals surface area contributed by atoms with E-state index in [1.807, 2.05) is 0 Å². The predicted octanol–water partition coefficient (Wildman–Crippen LogP) is 2.68. The third kappa shape index (κ3) is 4.80. The number of ether oxygens (including phenoxy) is 2. The molecule has 8 nitrogen and oxygen atoms in total. The predicted molar refractivity (Wildman–Crippen MR) is 109 cm³/mol. The van der Waals surface area contributed by atoms with E-state index in [1.165, 1.54) is 35.7 Å². The van der Waals surface area contributed by atoms with Gasteiger partial charge in [-0.1, -0.05) is 11.6 Å². The fraction of sp³-hybridized carbons (Fsp3) is 0.263. The van der Waals surface area contributed by atoms with Gasteiger partial charge < -0.3 is 14.8 Å². The highest BCUT2D eigenvalue weighted by molar-refractivity contribution is 7.92. The number of carbonyl (C=O) groups excluding carboxylic acids is 2. The lowest BCUT2D eigenvalue weighted by molar-refractivity contribution is -0.122. The average molecular weight is 439 g/mol. The van der Waals surface area contributed by atoms with Gasteiger partial charge in [-0.2, -0.15) is 0 Å². The number of rotatable bonds is 4. The zero-order valence-electron chi connectivity index (χ0n) is 15.7. The van der Waals surface area contributed by atoms with Crippen LogP contribution in [0.2, 0.25) is 5.02 Å². The van der Waals surface area contributed by atoms with E-state index < -0.39 is 28.0 Å². The Morgan fingerprint density at radius 2 is 1.90 bits per heavy atom. The van der Waals surface area contributed by atoms with Gasteiger partial charge in [-0.05, 0) is 42.5 Å². The zero-order chi connectivity index (χ0) is 21.2. The molecule has 0 saturated carbocycles. The summed E-state index contributed by atoms with van der Waals surface area (Å²) in [5, 5.41) is 3.07. The molecule has 2 aromatic rings. The molecule has 0 fully saturated rings. The Balaban J connectivity index is 1.80. The maximum Gasteiger partial charge on any atom is 0.337 e. The van der Waals surface area contributed by atoms with Crippen molar-refractivity contribution in [2.75, 3.05) is 29.5 Å². The molecule has 0 radical (unpaired) electrons. The standard InChI is InChI=1S/C19H19ClN2O6S/c1-27-19(24)12-3-6-14(7-4-12)21-18(23)17-9-10-22(29(2,25)26)15-11-13(20)5-8-16(15)28-17/h3-8,11,17H,9-10H2,1-2H3,(H,21,23)/t17-/m0/s1. The Hall–Kier alpha value is -2.78. The second-order valence-corrected chi connectivity index (χ2v) is 8.74. The van der Waals surface area contributed by atoms with Crippen molar-refractivity contribution < 1.29 is 27.5 Å². The summed E-state index contributed by atoms with van der Waals surface area (Å²) < 4.78 is 36.0. The number of nitrogens with zero attached hydrogens (tertiary/aromatic N) is 1. The van der Waals surface area contributed by atoms with Crippen LogP contribution in [0.3, 0.4) is 0 Å². The van der Waals surface area contributed by atoms with E-state index in [4.69, 9.17) is 16.3 Å². The second-order valence-electron chi connectivity index (χ2n) is 6.40. The Morgan fingerprint density at radius 3 is 2.52 bits per heavy atom. The summed E-state index contributed by atoms with van der Waals surface area (Å²) in [4.78, 5) is 24.2. The van der Waals surface area contributed by atoms with Crippen molar-refractivity contribution in [3.05, 3.63) is 53.1 Å². The number of carbonyl (C=O) groups is 2. The molecule has 1 amide bonds. The molecule has 1 aliphatic heterocycles. The minimum Gasteiger partial charge on any atom is -0.478 e. The first-order chi connectivity index (χ1) is 13.7. The zero-order valence-corrected chi connectivity index (χ0v) is 17.3. The van der Waals surface area contributed by atoms with Crippen molar-refractivity contribution in [1.29, 1.82) is 0 Å². The molecule has 0 aromatic heterocycles. The Labute approximate surface area is 173 Å². The van der Waals surface area contributed by atoms with Crippen molar-refractivity contribution in [3.63, 3.8) is 0 Å². The minimum atomic E-state index is -3.58. The van der Waals surface area contributed by atoms with Crippen LogP contribution in [0.15, 0.2) is 42.5 Å². The second kappa shape index (κ2) is 8.30. The van der Waals surface area contributed by atoms with Crippen LogP contribution in [0, 0.1) is 0 Å². The summed E-state index contributed by atoms with van der Waals surface area (Å²) in [6.45, 7) is 0.0611. The number of nitrogens with one attached hydrogen (secondary N) is 1. The van der Waals surface area contributed by atoms with Crippen molar-refractivity contribution in [1.82, 2.24) is 0 Å². The fourth-order valence-corrected chi connectivity index (χ4v) is 4.01. The Morgan fingerprint density at radius 1 is 1.21 bits per heavy atom. The molecule has 1 atom stereocenters. The first kappa shape index (κ1) is 20.9. The number of benzene rings is 2. The van der Waals surface area contributed by atoms with Crippen LogP contribution < -0.4 is 14.4 Å². The normalized spacial score (nSPS) is 16.2. The van der Waals surface area contributed by atoms with Gasteiger partial charge in [-0.15, -0.1) is 0 Å². The smallest absolute Gasteiger partial charge is 0.337 e. The molecular weight excluding hydrogens is 420 g/mol. The molecule has 1 aliphatic rings. The third-order valence-corrected chi connectivity index (χ3v) is 5.73. The third-order valence-electron chi connectivity index (χ3n) is 4.32. The van der Waals surface area contributed by atoms with Gasteiger partial charge in [0.05, 0.1) is 24.6 Å². The van der Waals surface area contributed by atoms with Gasteiger partial charge in [0.1, 0.15) is 5.75 Å². The van der Waals surface area contributed by atoms with Crippen LogP contribution in [0.5, 0.6) is 5.75 Å². The number of amides is 1. The van der Waals surface area contributed by atoms with Gasteiger partial charge in [0, 0.05) is 23.7 Å². The monoisotopic (exact) mass is 438 g/mol. The maximum atomic E-state index is 12.7. The van der Waals surface area contributed by atoms with E-state index in [1.54, 1.807) is 18.2 Å². The highest BCUT2D eigenvalue weighted by Gasteiger charge is 2.31. The van der Waals surface area contributed by atoms with Gasteiger partial charge in [0.25, 0.3) is 5.91 Å². The molecule has 2 aromatic carbocycles. The van der Waals surface area contributed by atoms with Gasteiger partial charge in [-0.25, -0.2) is 13.2 Å². The first-order valence-corrected chi connectivity index (χ1v) is 10.8. The van der Waals surface area contributed by atoms with Crippen LogP contribution in [-0.2, 0) is 19.6 Å². The highest BCUT2D eigenvalue weighted by atomic mass is 35.5. The molecule has 154 valence electrons. The fourth-order valence-electron chi connectivity index (χ4n) is 2.91. The summed E-state index contributed by atoms with van der Waals surface area (Å²) >= 11 is 6.01. The molecule has 29 heavy (non-hydrogen) atoms. The summed E-state index contributed by atoms with van der Waals surface area (Å²) in [7, 11) is -2.30. The number of halogens is 1. The molecular formula is C19H19ClN2O6S. The van der Waals surface area contributed by atoms with E-state index in [-0.39, 0.29) is 24.4 Å². The summed E-state index contributed by atoms with van der Waals surface area (Å²) in [5.41, 5.74) is 1.11. The van der Waals surface area contributed by atoms with Crippen molar-refractivity contribution in [2.45, 2.75) is 12.5 Å². The molecule has 1 N–H and O–H groups in total. The van der Waals surface area contributed by atoms with Crippen LogP contribution in [0.1, 0.15) is 16.8 Å². The van der Waals surface area contributed by atoms with Crippen LogP contribution in [0.4, 0.5) is 11.4 Å². The van der Waals surface area contributed by atoms with E-state index in [2.05, 4.69) is 10.1 Å². The minimum absolute atomic E-state index is 0.0611. The van der Waals surface area contributed by atoms with Crippen LogP contribution in [-0.4, -0.2) is 46.3 Å². The van der Waals surface area contributed by atoms with E-state index in [9.17, 15) is 18.0 Å². The van der Waals surface area contributed by atoms with Gasteiger partial charge in [0.15, 0.2) is 6.10 Å². The quantitative estimate of drug-likeness (QED) is 0.736. The molecule has 10 heteroatoms. The summed E-state index contributed by atoms with van der Waals surface area (Å²) in [6, 6.07) is 10.8. The number of esters is 1. The van der Waals surface area contributed by atoms with Crippen molar-refractivity contribution in [3.8, 4) is 5.75 Å². The number of anilines is 2. The van der Waals surface area contributed by atoms with E-state index in [0.717, 1.165) is 6.26 Å². The number of sulfonamides is 1. The van der Waals surface area contributed by atoms with Crippen LogP contribution >= 0.6 is 11.6 Å². The molecule has 1 heterocycles. The lowest BCUT2D eigenvalue weighted by atomic mass is 10.2. The van der Waals surface area contributed by atoms with Gasteiger partial charge in [-0.3, -0.25) is 9.10 Å². The number of hydrogen-bond acceptors (Lipinski definition) is 6. The first-order valence-electron chi connectivity index (χ1n) is 8.62. The number of hydrogen-bond donors (Lipinski definition) is 1. The number of fused-ring (bicyclic) bond motifs is 1. The molecule has 0 saturated heterocycles. The Kier molecular flexibility index (Phi) is 5.99.